The molecular weight excluding hydrogens is 354 g/mol. The van der Waals surface area contributed by atoms with Gasteiger partial charge in [0, 0.05) is 24.3 Å². The number of benzene rings is 1. The zero-order valence-electron chi connectivity index (χ0n) is 15.5. The maximum Gasteiger partial charge on any atom is 0.251 e. The molecule has 1 atom stereocenters. The van der Waals surface area contributed by atoms with E-state index in [1.165, 1.54) is 4.31 Å². The summed E-state index contributed by atoms with van der Waals surface area (Å²) in [6, 6.07) is 4.39. The highest BCUT2D eigenvalue weighted by Gasteiger charge is 2.38. The van der Waals surface area contributed by atoms with Crippen molar-refractivity contribution in [3.8, 4) is 0 Å². The lowest BCUT2D eigenvalue weighted by Crippen LogP contribution is -2.44. The Labute approximate surface area is 155 Å². The Morgan fingerprint density at radius 3 is 2.65 bits per heavy atom. The third-order valence-electron chi connectivity index (χ3n) is 4.42. The van der Waals surface area contributed by atoms with Crippen LogP contribution in [0.4, 0.5) is 5.69 Å². The highest BCUT2D eigenvalue weighted by atomic mass is 32.2. The van der Waals surface area contributed by atoms with Crippen LogP contribution in [0.15, 0.2) is 18.2 Å². The summed E-state index contributed by atoms with van der Waals surface area (Å²) in [4.78, 5) is 24.7. The highest BCUT2D eigenvalue weighted by molar-refractivity contribution is 7.89. The molecule has 2 rings (SSSR count). The standard InChI is InChI=1S/C18H27N3O4S/c1-4-11-26(24,25)21-10-6-7-16(21)18(23)20-15-12-14(9-8-13(15)3)17(22)19-5-2/h8-9,12,16H,4-7,10-11H2,1-3H3,(H,19,22)(H,20,23). The molecule has 0 spiro atoms. The largest absolute Gasteiger partial charge is 0.352 e. The summed E-state index contributed by atoms with van der Waals surface area (Å²) in [5.41, 5.74) is 1.79. The molecule has 26 heavy (non-hydrogen) atoms. The summed E-state index contributed by atoms with van der Waals surface area (Å²) in [5.74, 6) is -0.517. The quantitative estimate of drug-likeness (QED) is 0.754. The molecule has 1 aromatic rings. The van der Waals surface area contributed by atoms with Crippen molar-refractivity contribution in [2.75, 3.05) is 24.2 Å². The number of anilines is 1. The average molecular weight is 381 g/mol. The number of amides is 2. The third kappa shape index (κ3) is 4.62. The Hall–Kier alpha value is -1.93. The van der Waals surface area contributed by atoms with Crippen molar-refractivity contribution in [2.24, 2.45) is 0 Å². The molecule has 144 valence electrons. The van der Waals surface area contributed by atoms with E-state index in [0.717, 1.165) is 5.56 Å². The maximum absolute atomic E-state index is 12.7. The lowest BCUT2D eigenvalue weighted by atomic mass is 10.1. The van der Waals surface area contributed by atoms with Crippen molar-refractivity contribution in [2.45, 2.75) is 46.1 Å². The van der Waals surface area contributed by atoms with E-state index in [-0.39, 0.29) is 17.6 Å². The Morgan fingerprint density at radius 2 is 2.00 bits per heavy atom. The van der Waals surface area contributed by atoms with Crippen LogP contribution in [0.5, 0.6) is 0 Å². The molecule has 1 unspecified atom stereocenters. The molecule has 1 saturated heterocycles. The second-order valence-electron chi connectivity index (χ2n) is 6.46. The van der Waals surface area contributed by atoms with Gasteiger partial charge in [0.25, 0.3) is 5.91 Å². The number of hydrogen-bond donors (Lipinski definition) is 2. The number of carbonyl (C=O) groups is 2. The zero-order valence-corrected chi connectivity index (χ0v) is 16.4. The molecule has 0 radical (unpaired) electrons. The lowest BCUT2D eigenvalue weighted by molar-refractivity contribution is -0.119. The Bertz CT molecular complexity index is 777. The maximum atomic E-state index is 12.7. The first-order chi connectivity index (χ1) is 12.3. The second-order valence-corrected chi connectivity index (χ2v) is 8.50. The fourth-order valence-electron chi connectivity index (χ4n) is 3.09. The first kappa shape index (κ1) is 20.4. The molecule has 0 aliphatic carbocycles. The summed E-state index contributed by atoms with van der Waals surface area (Å²) in [6.45, 7) is 6.36. The zero-order chi connectivity index (χ0) is 19.3. The minimum absolute atomic E-state index is 0.0441. The highest BCUT2D eigenvalue weighted by Crippen LogP contribution is 2.24. The third-order valence-corrected chi connectivity index (χ3v) is 6.50. The van der Waals surface area contributed by atoms with E-state index in [2.05, 4.69) is 10.6 Å². The van der Waals surface area contributed by atoms with Gasteiger partial charge in [0.1, 0.15) is 6.04 Å². The topological polar surface area (TPSA) is 95.6 Å². The van der Waals surface area contributed by atoms with E-state index in [4.69, 9.17) is 0 Å². The van der Waals surface area contributed by atoms with Crippen molar-refractivity contribution in [3.63, 3.8) is 0 Å². The number of sulfonamides is 1. The van der Waals surface area contributed by atoms with Gasteiger partial charge in [-0.05, 0) is 50.8 Å². The van der Waals surface area contributed by atoms with Gasteiger partial charge in [0.05, 0.1) is 5.75 Å². The van der Waals surface area contributed by atoms with Crippen molar-refractivity contribution < 1.29 is 18.0 Å². The van der Waals surface area contributed by atoms with E-state index in [0.29, 0.717) is 43.6 Å². The number of aryl methyl sites for hydroxylation is 1. The van der Waals surface area contributed by atoms with Crippen LogP contribution in [-0.2, 0) is 14.8 Å². The predicted octanol–water partition coefficient (Wildman–Crippen LogP) is 1.89. The van der Waals surface area contributed by atoms with Gasteiger partial charge in [-0.25, -0.2) is 8.42 Å². The molecule has 0 bridgehead atoms. The smallest absolute Gasteiger partial charge is 0.251 e. The van der Waals surface area contributed by atoms with E-state index >= 15 is 0 Å². The summed E-state index contributed by atoms with van der Waals surface area (Å²) >= 11 is 0. The fraction of sp³-hybridized carbons (Fsp3) is 0.556. The van der Waals surface area contributed by atoms with Crippen LogP contribution >= 0.6 is 0 Å². The van der Waals surface area contributed by atoms with Gasteiger partial charge in [-0.1, -0.05) is 13.0 Å². The van der Waals surface area contributed by atoms with Crippen LogP contribution in [0.2, 0.25) is 0 Å². The van der Waals surface area contributed by atoms with Crippen molar-refractivity contribution in [1.29, 1.82) is 0 Å². The van der Waals surface area contributed by atoms with Gasteiger partial charge < -0.3 is 10.6 Å². The summed E-state index contributed by atoms with van der Waals surface area (Å²) < 4.78 is 26.1. The molecule has 1 aromatic carbocycles. The average Bonchev–Trinajstić information content (AvgIpc) is 3.07. The van der Waals surface area contributed by atoms with Crippen molar-refractivity contribution in [1.82, 2.24) is 9.62 Å². The van der Waals surface area contributed by atoms with Crippen molar-refractivity contribution >= 4 is 27.5 Å². The Balaban J connectivity index is 2.19. The van der Waals surface area contributed by atoms with E-state index < -0.39 is 16.1 Å². The van der Waals surface area contributed by atoms with E-state index in [9.17, 15) is 18.0 Å². The first-order valence-electron chi connectivity index (χ1n) is 8.99. The molecule has 0 aromatic heterocycles. The van der Waals surface area contributed by atoms with Gasteiger partial charge >= 0.3 is 0 Å². The molecule has 1 fully saturated rings. The van der Waals surface area contributed by atoms with Gasteiger partial charge in [0.15, 0.2) is 0 Å². The number of hydrogen-bond acceptors (Lipinski definition) is 4. The van der Waals surface area contributed by atoms with E-state index in [1.807, 2.05) is 13.8 Å². The molecule has 2 N–H and O–H groups in total. The molecule has 2 amide bonds. The predicted molar refractivity (Wildman–Crippen MR) is 102 cm³/mol. The molecule has 1 aliphatic rings. The number of nitrogens with zero attached hydrogens (tertiary/aromatic N) is 1. The summed E-state index contributed by atoms with van der Waals surface area (Å²) in [7, 11) is -3.43. The number of rotatable bonds is 7. The molecule has 7 nitrogen and oxygen atoms in total. The normalized spacial score (nSPS) is 17.9. The van der Waals surface area contributed by atoms with Gasteiger partial charge in [-0.3, -0.25) is 9.59 Å². The Morgan fingerprint density at radius 1 is 1.27 bits per heavy atom. The van der Waals surface area contributed by atoms with Crippen LogP contribution in [-0.4, -0.2) is 49.4 Å². The molecule has 1 aliphatic heterocycles. The first-order valence-corrected chi connectivity index (χ1v) is 10.6. The van der Waals surface area contributed by atoms with Crippen LogP contribution < -0.4 is 10.6 Å². The lowest BCUT2D eigenvalue weighted by Gasteiger charge is -2.23. The molecular formula is C18H27N3O4S. The van der Waals surface area contributed by atoms with Crippen molar-refractivity contribution in [3.05, 3.63) is 29.3 Å². The fourth-order valence-corrected chi connectivity index (χ4v) is 4.83. The minimum atomic E-state index is -3.43. The van der Waals surface area contributed by atoms with Crippen LogP contribution in [0.3, 0.4) is 0 Å². The van der Waals surface area contributed by atoms with Gasteiger partial charge in [0.2, 0.25) is 15.9 Å². The number of nitrogens with one attached hydrogen (secondary N) is 2. The van der Waals surface area contributed by atoms with Gasteiger partial charge in [-0.15, -0.1) is 0 Å². The van der Waals surface area contributed by atoms with Crippen LogP contribution in [0.25, 0.3) is 0 Å². The second kappa shape index (κ2) is 8.64. The SMILES string of the molecule is CCCS(=O)(=O)N1CCCC1C(=O)Nc1cc(C(=O)NCC)ccc1C. The van der Waals surface area contributed by atoms with Crippen LogP contribution in [0.1, 0.15) is 49.0 Å². The molecule has 8 heteroatoms. The minimum Gasteiger partial charge on any atom is -0.352 e. The molecule has 0 saturated carbocycles. The van der Waals surface area contributed by atoms with Gasteiger partial charge in [-0.2, -0.15) is 4.31 Å². The van der Waals surface area contributed by atoms with Crippen LogP contribution in [0, 0.1) is 6.92 Å². The summed E-state index contributed by atoms with van der Waals surface area (Å²) in [5, 5.41) is 5.53. The number of carbonyl (C=O) groups excluding carboxylic acids is 2. The van der Waals surface area contributed by atoms with E-state index in [1.54, 1.807) is 25.1 Å². The monoisotopic (exact) mass is 381 g/mol. The Kier molecular flexibility index (Phi) is 6.77. The molecule has 1 heterocycles. The summed E-state index contributed by atoms with van der Waals surface area (Å²) in [6.07, 6.45) is 1.68.